The predicted molar refractivity (Wildman–Crippen MR) is 50.1 cm³/mol. The minimum Gasteiger partial charge on any atom is -0.267 e. The zero-order valence-electron chi connectivity index (χ0n) is 8.23. The first-order valence-corrected chi connectivity index (χ1v) is 4.30. The summed E-state index contributed by atoms with van der Waals surface area (Å²) in [4.78, 5) is 0. The van der Waals surface area contributed by atoms with Crippen molar-refractivity contribution in [3.63, 3.8) is 0 Å². The van der Waals surface area contributed by atoms with Crippen molar-refractivity contribution in [1.29, 1.82) is 0 Å². The van der Waals surface area contributed by atoms with Crippen LogP contribution in [0.15, 0.2) is 6.07 Å². The summed E-state index contributed by atoms with van der Waals surface area (Å²) >= 11 is 0. The number of benzene rings is 1. The second-order valence-electron chi connectivity index (χ2n) is 3.40. The zero-order chi connectivity index (χ0) is 10.5. The lowest BCUT2D eigenvalue weighted by Crippen LogP contribution is -1.93. The molecule has 1 aromatic carbocycles. The molecule has 2 rings (SSSR count). The highest BCUT2D eigenvalue weighted by Crippen LogP contribution is 2.25. The summed E-state index contributed by atoms with van der Waals surface area (Å²) in [5, 5.41) is 4.45. The Labute approximate surface area is 80.1 Å². The number of hydrogen-bond donors (Lipinski definition) is 0. The van der Waals surface area contributed by atoms with Crippen LogP contribution >= 0.6 is 0 Å². The monoisotopic (exact) mass is 196 g/mol. The van der Waals surface area contributed by atoms with Crippen LogP contribution in [0.1, 0.15) is 11.3 Å². The molecule has 0 spiro atoms. The molecule has 74 valence electrons. The van der Waals surface area contributed by atoms with E-state index < -0.39 is 11.6 Å². The van der Waals surface area contributed by atoms with Gasteiger partial charge >= 0.3 is 0 Å². The Balaban J connectivity index is 3.01. The Bertz CT molecular complexity index is 515. The molecule has 0 aliphatic heterocycles. The van der Waals surface area contributed by atoms with E-state index in [1.807, 2.05) is 0 Å². The molecule has 4 heteroatoms. The standard InChI is InChI=1S/C10H10F2N2/c1-5-7(11)4-8-9(10(5)12)6(2)13-14(8)3/h4H,1-3H3. The molecule has 1 aromatic heterocycles. The van der Waals surface area contributed by atoms with E-state index in [4.69, 9.17) is 0 Å². The number of rotatable bonds is 0. The maximum absolute atomic E-state index is 13.6. The van der Waals surface area contributed by atoms with Crippen molar-refractivity contribution in [3.8, 4) is 0 Å². The number of fused-ring (bicyclic) bond motifs is 1. The summed E-state index contributed by atoms with van der Waals surface area (Å²) < 4.78 is 28.3. The lowest BCUT2D eigenvalue weighted by molar-refractivity contribution is 0.576. The van der Waals surface area contributed by atoms with Crippen LogP contribution in [0, 0.1) is 25.5 Å². The van der Waals surface area contributed by atoms with E-state index in [9.17, 15) is 8.78 Å². The molecule has 0 saturated carbocycles. The Kier molecular flexibility index (Phi) is 1.80. The van der Waals surface area contributed by atoms with Gasteiger partial charge in [-0.25, -0.2) is 8.78 Å². The van der Waals surface area contributed by atoms with E-state index >= 15 is 0 Å². The van der Waals surface area contributed by atoms with Crippen LogP contribution in [0.3, 0.4) is 0 Å². The van der Waals surface area contributed by atoms with Gasteiger partial charge in [-0.2, -0.15) is 5.10 Å². The smallest absolute Gasteiger partial charge is 0.140 e. The summed E-state index contributed by atoms with van der Waals surface area (Å²) in [7, 11) is 1.67. The molecule has 0 amide bonds. The van der Waals surface area contributed by atoms with Crippen LogP contribution in [-0.4, -0.2) is 9.78 Å². The summed E-state index contributed by atoms with van der Waals surface area (Å²) in [5.74, 6) is -1.04. The van der Waals surface area contributed by atoms with E-state index in [0.717, 1.165) is 0 Å². The second-order valence-corrected chi connectivity index (χ2v) is 3.40. The van der Waals surface area contributed by atoms with Gasteiger partial charge in [-0.05, 0) is 13.8 Å². The molecule has 0 atom stereocenters. The van der Waals surface area contributed by atoms with Gasteiger partial charge in [0.05, 0.1) is 16.6 Å². The van der Waals surface area contributed by atoms with Gasteiger partial charge in [0.25, 0.3) is 0 Å². The molecule has 14 heavy (non-hydrogen) atoms. The van der Waals surface area contributed by atoms with Crippen LogP contribution in [0.25, 0.3) is 10.9 Å². The predicted octanol–water partition coefficient (Wildman–Crippen LogP) is 2.47. The average Bonchev–Trinajstić information content (AvgIpc) is 2.38. The van der Waals surface area contributed by atoms with Crippen molar-refractivity contribution in [1.82, 2.24) is 9.78 Å². The second kappa shape index (κ2) is 2.77. The fourth-order valence-corrected chi connectivity index (χ4v) is 1.63. The number of aryl methyl sites for hydroxylation is 2. The highest BCUT2D eigenvalue weighted by Gasteiger charge is 2.15. The summed E-state index contributed by atoms with van der Waals surface area (Å²) in [6.45, 7) is 3.14. The molecule has 0 aliphatic rings. The third-order valence-electron chi connectivity index (χ3n) is 2.44. The van der Waals surface area contributed by atoms with Gasteiger partial charge in [-0.15, -0.1) is 0 Å². The normalized spacial score (nSPS) is 11.2. The Morgan fingerprint density at radius 1 is 1.29 bits per heavy atom. The molecule has 2 nitrogen and oxygen atoms in total. The third-order valence-corrected chi connectivity index (χ3v) is 2.44. The molecule has 0 fully saturated rings. The maximum atomic E-state index is 13.6. The minimum absolute atomic E-state index is 0.0496. The van der Waals surface area contributed by atoms with E-state index in [2.05, 4.69) is 5.10 Å². The van der Waals surface area contributed by atoms with Gasteiger partial charge in [0.1, 0.15) is 11.6 Å². The van der Waals surface area contributed by atoms with E-state index in [0.29, 0.717) is 16.6 Å². The fraction of sp³-hybridized carbons (Fsp3) is 0.300. The molecular formula is C10H10F2N2. The van der Waals surface area contributed by atoms with Crippen molar-refractivity contribution in [2.45, 2.75) is 13.8 Å². The first kappa shape index (κ1) is 9.12. The zero-order valence-corrected chi connectivity index (χ0v) is 8.23. The Hall–Kier alpha value is -1.45. The Morgan fingerprint density at radius 2 is 1.93 bits per heavy atom. The van der Waals surface area contributed by atoms with E-state index in [-0.39, 0.29) is 5.56 Å². The number of nitrogens with zero attached hydrogens (tertiary/aromatic N) is 2. The van der Waals surface area contributed by atoms with Crippen molar-refractivity contribution in [2.24, 2.45) is 7.05 Å². The highest BCUT2D eigenvalue weighted by molar-refractivity contribution is 5.83. The van der Waals surface area contributed by atoms with Gasteiger partial charge in [0, 0.05) is 18.7 Å². The fourth-order valence-electron chi connectivity index (χ4n) is 1.63. The summed E-state index contributed by atoms with van der Waals surface area (Å²) in [6.07, 6.45) is 0. The molecule has 0 saturated heterocycles. The van der Waals surface area contributed by atoms with Gasteiger partial charge in [0.15, 0.2) is 0 Å². The molecule has 0 N–H and O–H groups in total. The van der Waals surface area contributed by atoms with Crippen LogP contribution in [0.2, 0.25) is 0 Å². The highest BCUT2D eigenvalue weighted by atomic mass is 19.1. The van der Waals surface area contributed by atoms with Gasteiger partial charge in [-0.1, -0.05) is 0 Å². The number of halogens is 2. The first-order chi connectivity index (χ1) is 6.52. The average molecular weight is 196 g/mol. The van der Waals surface area contributed by atoms with Crippen LogP contribution in [0.5, 0.6) is 0 Å². The van der Waals surface area contributed by atoms with Crippen molar-refractivity contribution < 1.29 is 8.78 Å². The largest absolute Gasteiger partial charge is 0.267 e. The van der Waals surface area contributed by atoms with Crippen LogP contribution in [0.4, 0.5) is 8.78 Å². The van der Waals surface area contributed by atoms with Gasteiger partial charge < -0.3 is 0 Å². The van der Waals surface area contributed by atoms with E-state index in [1.54, 1.807) is 14.0 Å². The van der Waals surface area contributed by atoms with Crippen LogP contribution < -0.4 is 0 Å². The first-order valence-electron chi connectivity index (χ1n) is 4.30. The van der Waals surface area contributed by atoms with Gasteiger partial charge in [0.2, 0.25) is 0 Å². The Morgan fingerprint density at radius 3 is 2.57 bits per heavy atom. The molecule has 2 aromatic rings. The summed E-state index contributed by atoms with van der Waals surface area (Å²) in [5.41, 5.74) is 1.12. The van der Waals surface area contributed by atoms with E-state index in [1.165, 1.54) is 17.7 Å². The topological polar surface area (TPSA) is 17.8 Å². The van der Waals surface area contributed by atoms with Crippen molar-refractivity contribution >= 4 is 10.9 Å². The number of hydrogen-bond acceptors (Lipinski definition) is 1. The number of aromatic nitrogens is 2. The molecule has 0 unspecified atom stereocenters. The maximum Gasteiger partial charge on any atom is 0.140 e. The van der Waals surface area contributed by atoms with Crippen molar-refractivity contribution in [3.05, 3.63) is 29.0 Å². The minimum atomic E-state index is -0.530. The van der Waals surface area contributed by atoms with Gasteiger partial charge in [-0.3, -0.25) is 4.68 Å². The molecule has 1 heterocycles. The lowest BCUT2D eigenvalue weighted by Gasteiger charge is -2.01. The molecule has 0 radical (unpaired) electrons. The lowest BCUT2D eigenvalue weighted by atomic mass is 10.1. The quantitative estimate of drug-likeness (QED) is 0.632. The third kappa shape index (κ3) is 1.03. The van der Waals surface area contributed by atoms with Crippen molar-refractivity contribution in [2.75, 3.05) is 0 Å². The summed E-state index contributed by atoms with van der Waals surface area (Å²) in [6, 6.07) is 1.31. The SMILES string of the molecule is Cc1c(F)cc2c(c(C)nn2C)c1F. The molecule has 0 aliphatic carbocycles. The molecular weight excluding hydrogens is 186 g/mol. The molecule has 0 bridgehead atoms. The van der Waals surface area contributed by atoms with Crippen LogP contribution in [-0.2, 0) is 7.05 Å².